The van der Waals surface area contributed by atoms with Gasteiger partial charge >= 0.3 is 0 Å². The summed E-state index contributed by atoms with van der Waals surface area (Å²) in [5, 5.41) is 0.770. The molecule has 0 aliphatic heterocycles. The smallest absolute Gasteiger partial charge is 0.269 e. The lowest BCUT2D eigenvalue weighted by Crippen LogP contribution is -2.50. The third-order valence-corrected chi connectivity index (χ3v) is 6.07. The molecule has 106 valence electrons. The lowest BCUT2D eigenvalue weighted by molar-refractivity contribution is 0.244. The first-order valence-electron chi connectivity index (χ1n) is 6.96. The van der Waals surface area contributed by atoms with E-state index in [1.54, 1.807) is 0 Å². The van der Waals surface area contributed by atoms with Crippen molar-refractivity contribution in [3.63, 3.8) is 0 Å². The molecule has 5 heteroatoms. The van der Waals surface area contributed by atoms with Gasteiger partial charge in [-0.1, -0.05) is 42.8 Å². The number of fused-ring (bicyclic) bond motifs is 1. The molecule has 2 aromatic rings. The van der Waals surface area contributed by atoms with Crippen molar-refractivity contribution in [3.05, 3.63) is 34.6 Å². The van der Waals surface area contributed by atoms with Crippen LogP contribution in [0, 0.1) is 5.92 Å². The molecule has 1 fully saturated rings. The van der Waals surface area contributed by atoms with Gasteiger partial charge in [0.1, 0.15) is 10.5 Å². The standard InChI is InChI=1S/C15H18N2OS2/c1-10-6-8-15(9-7-10,14(16)19)17-13(18)11-4-2-3-5-12(11)20-17/h2-5,10H,6-9H2,1H3,(H2,16,19). The van der Waals surface area contributed by atoms with Crippen LogP contribution < -0.4 is 11.3 Å². The Balaban J connectivity index is 2.18. The van der Waals surface area contributed by atoms with E-state index < -0.39 is 5.54 Å². The Morgan fingerprint density at radius 1 is 1.40 bits per heavy atom. The zero-order chi connectivity index (χ0) is 14.3. The molecule has 3 rings (SSSR count). The number of benzene rings is 1. The molecular weight excluding hydrogens is 288 g/mol. The number of rotatable bonds is 2. The largest absolute Gasteiger partial charge is 0.391 e. The summed E-state index contributed by atoms with van der Waals surface area (Å²) < 4.78 is 2.85. The Bertz CT molecular complexity index is 708. The van der Waals surface area contributed by atoms with E-state index in [1.165, 1.54) is 11.5 Å². The minimum Gasteiger partial charge on any atom is -0.391 e. The average Bonchev–Trinajstić information content (AvgIpc) is 2.78. The van der Waals surface area contributed by atoms with Crippen molar-refractivity contribution >= 4 is 38.8 Å². The molecule has 0 spiro atoms. The van der Waals surface area contributed by atoms with E-state index in [9.17, 15) is 4.79 Å². The van der Waals surface area contributed by atoms with E-state index in [0.717, 1.165) is 35.8 Å². The molecule has 1 aromatic carbocycles. The van der Waals surface area contributed by atoms with Crippen LogP contribution in [0.25, 0.3) is 10.1 Å². The highest BCUT2D eigenvalue weighted by atomic mass is 32.1. The molecule has 3 nitrogen and oxygen atoms in total. The van der Waals surface area contributed by atoms with Crippen LogP contribution in [0.3, 0.4) is 0 Å². The second-order valence-electron chi connectivity index (χ2n) is 5.77. The van der Waals surface area contributed by atoms with Gasteiger partial charge in [-0.25, -0.2) is 3.96 Å². The second-order valence-corrected chi connectivity index (χ2v) is 7.19. The number of thiocarbonyl (C=S) groups is 1. The van der Waals surface area contributed by atoms with Gasteiger partial charge in [0.2, 0.25) is 0 Å². The highest BCUT2D eigenvalue weighted by molar-refractivity contribution is 7.80. The van der Waals surface area contributed by atoms with Crippen molar-refractivity contribution in [1.29, 1.82) is 0 Å². The molecule has 1 aliphatic carbocycles. The van der Waals surface area contributed by atoms with Gasteiger partial charge in [-0.3, -0.25) is 4.79 Å². The first-order valence-corrected chi connectivity index (χ1v) is 8.14. The van der Waals surface area contributed by atoms with E-state index in [4.69, 9.17) is 18.0 Å². The topological polar surface area (TPSA) is 48.0 Å². The van der Waals surface area contributed by atoms with E-state index in [2.05, 4.69) is 6.92 Å². The fraction of sp³-hybridized carbons (Fsp3) is 0.467. The number of hydrogen-bond acceptors (Lipinski definition) is 3. The second kappa shape index (κ2) is 4.97. The molecule has 0 radical (unpaired) electrons. The van der Waals surface area contributed by atoms with Gasteiger partial charge in [-0.15, -0.1) is 0 Å². The summed E-state index contributed by atoms with van der Waals surface area (Å²) in [6.45, 7) is 2.25. The van der Waals surface area contributed by atoms with Crippen LogP contribution in [0.1, 0.15) is 32.6 Å². The molecule has 0 bridgehead atoms. The average molecular weight is 306 g/mol. The lowest BCUT2D eigenvalue weighted by atomic mass is 9.77. The molecular formula is C15H18N2OS2. The molecule has 1 aromatic heterocycles. The normalized spacial score (nSPS) is 26.8. The molecule has 0 unspecified atom stereocenters. The maximum Gasteiger partial charge on any atom is 0.269 e. The first-order chi connectivity index (χ1) is 9.54. The van der Waals surface area contributed by atoms with Crippen molar-refractivity contribution in [2.75, 3.05) is 0 Å². The molecule has 0 saturated heterocycles. The Morgan fingerprint density at radius 2 is 2.05 bits per heavy atom. The van der Waals surface area contributed by atoms with Crippen molar-refractivity contribution in [3.8, 4) is 0 Å². The third kappa shape index (κ3) is 2.00. The quantitative estimate of drug-likeness (QED) is 0.866. The van der Waals surface area contributed by atoms with Crippen molar-refractivity contribution in [1.82, 2.24) is 3.96 Å². The highest BCUT2D eigenvalue weighted by Crippen LogP contribution is 2.39. The fourth-order valence-corrected chi connectivity index (χ4v) is 4.62. The molecule has 1 saturated carbocycles. The monoisotopic (exact) mass is 306 g/mol. The van der Waals surface area contributed by atoms with Gasteiger partial charge in [0.25, 0.3) is 5.56 Å². The van der Waals surface area contributed by atoms with Gasteiger partial charge in [0.15, 0.2) is 0 Å². The van der Waals surface area contributed by atoms with Crippen LogP contribution in [0.2, 0.25) is 0 Å². The summed E-state index contributed by atoms with van der Waals surface area (Å²) in [5.41, 5.74) is 5.64. The minimum atomic E-state index is -0.456. The minimum absolute atomic E-state index is 0.0490. The predicted molar refractivity (Wildman–Crippen MR) is 88.5 cm³/mol. The molecule has 1 aliphatic rings. The molecule has 2 N–H and O–H groups in total. The van der Waals surface area contributed by atoms with E-state index in [1.807, 2.05) is 28.2 Å². The Labute approximate surface area is 127 Å². The van der Waals surface area contributed by atoms with Crippen molar-refractivity contribution < 1.29 is 0 Å². The zero-order valence-electron chi connectivity index (χ0n) is 11.5. The van der Waals surface area contributed by atoms with Gasteiger partial charge in [-0.2, -0.15) is 0 Å². The number of aromatic nitrogens is 1. The lowest BCUT2D eigenvalue weighted by Gasteiger charge is -2.38. The van der Waals surface area contributed by atoms with E-state index in [0.29, 0.717) is 10.9 Å². The fourth-order valence-electron chi connectivity index (χ4n) is 3.04. The first kappa shape index (κ1) is 13.8. The Hall–Kier alpha value is -1.20. The Kier molecular flexibility index (Phi) is 3.42. The van der Waals surface area contributed by atoms with Gasteiger partial charge in [0, 0.05) is 0 Å². The molecule has 0 amide bonds. The van der Waals surface area contributed by atoms with Gasteiger partial charge < -0.3 is 5.73 Å². The van der Waals surface area contributed by atoms with Crippen LogP contribution in [0.4, 0.5) is 0 Å². The third-order valence-electron chi connectivity index (χ3n) is 4.44. The molecule has 1 heterocycles. The summed E-state index contributed by atoms with van der Waals surface area (Å²) >= 11 is 6.83. The summed E-state index contributed by atoms with van der Waals surface area (Å²) in [7, 11) is 0. The van der Waals surface area contributed by atoms with Gasteiger partial charge in [-0.05, 0) is 43.7 Å². The van der Waals surface area contributed by atoms with E-state index >= 15 is 0 Å². The van der Waals surface area contributed by atoms with Crippen molar-refractivity contribution in [2.24, 2.45) is 11.7 Å². The summed E-state index contributed by atoms with van der Waals surface area (Å²) in [6, 6.07) is 7.72. The summed E-state index contributed by atoms with van der Waals surface area (Å²) in [6.07, 6.45) is 3.88. The van der Waals surface area contributed by atoms with Crippen LogP contribution in [-0.4, -0.2) is 8.95 Å². The number of hydrogen-bond donors (Lipinski definition) is 1. The Morgan fingerprint density at radius 3 is 2.65 bits per heavy atom. The summed E-state index contributed by atoms with van der Waals surface area (Å²) in [4.78, 5) is 13.1. The van der Waals surface area contributed by atoms with Crippen LogP contribution in [-0.2, 0) is 5.54 Å². The van der Waals surface area contributed by atoms with E-state index in [-0.39, 0.29) is 5.56 Å². The van der Waals surface area contributed by atoms with Crippen LogP contribution in [0.5, 0.6) is 0 Å². The van der Waals surface area contributed by atoms with Crippen LogP contribution in [0.15, 0.2) is 29.1 Å². The van der Waals surface area contributed by atoms with Crippen LogP contribution >= 0.6 is 23.8 Å². The number of nitrogens with two attached hydrogens (primary N) is 1. The van der Waals surface area contributed by atoms with Crippen molar-refractivity contribution in [2.45, 2.75) is 38.1 Å². The maximum absolute atomic E-state index is 12.7. The summed E-state index contributed by atoms with van der Waals surface area (Å²) in [5.74, 6) is 0.683. The predicted octanol–water partition coefficient (Wildman–Crippen LogP) is 3.25. The SMILES string of the molecule is CC1CCC(C(N)=S)(n2sc3ccccc3c2=O)CC1. The molecule has 0 atom stereocenters. The van der Waals surface area contributed by atoms with Gasteiger partial charge in [0.05, 0.1) is 10.1 Å². The highest BCUT2D eigenvalue weighted by Gasteiger charge is 2.40. The zero-order valence-corrected chi connectivity index (χ0v) is 13.1. The maximum atomic E-state index is 12.7. The molecule has 20 heavy (non-hydrogen) atoms. The number of nitrogens with zero attached hydrogens (tertiary/aromatic N) is 1.